The van der Waals surface area contributed by atoms with Crippen LogP contribution in [0.2, 0.25) is 0 Å². The van der Waals surface area contributed by atoms with E-state index in [0.29, 0.717) is 13.1 Å². The van der Waals surface area contributed by atoms with Gasteiger partial charge in [-0.1, -0.05) is 42.5 Å². The Morgan fingerprint density at radius 1 is 1.09 bits per heavy atom. The normalized spacial score (nSPS) is 11.3. The van der Waals surface area contributed by atoms with Crippen LogP contribution in [0.4, 0.5) is 5.69 Å². The molecule has 0 fully saturated rings. The molecule has 4 nitrogen and oxygen atoms in total. The van der Waals surface area contributed by atoms with Crippen molar-refractivity contribution in [3.8, 4) is 0 Å². The summed E-state index contributed by atoms with van der Waals surface area (Å²) in [6, 6.07) is 17.9. The molecule has 0 aliphatic rings. The number of rotatable bonds is 7. The van der Waals surface area contributed by atoms with Gasteiger partial charge in [0.15, 0.2) is 0 Å². The van der Waals surface area contributed by atoms with Crippen LogP contribution in [-0.4, -0.2) is 18.5 Å². The molecular formula is C18H24ClN3O. The molecule has 2 aromatic rings. The van der Waals surface area contributed by atoms with Gasteiger partial charge in [-0.3, -0.25) is 4.79 Å². The smallest absolute Gasteiger partial charge is 0.234 e. The quantitative estimate of drug-likeness (QED) is 0.682. The zero-order valence-electron chi connectivity index (χ0n) is 13.3. The summed E-state index contributed by atoms with van der Waals surface area (Å²) in [6.45, 7) is 3.01. The molecule has 0 bridgehead atoms. The minimum Gasteiger partial charge on any atom is -0.399 e. The largest absolute Gasteiger partial charge is 0.399 e. The van der Waals surface area contributed by atoms with Gasteiger partial charge >= 0.3 is 0 Å². The first-order valence-corrected chi connectivity index (χ1v) is 7.52. The molecule has 0 aliphatic carbocycles. The van der Waals surface area contributed by atoms with Gasteiger partial charge in [0, 0.05) is 18.3 Å². The zero-order valence-corrected chi connectivity index (χ0v) is 14.1. The summed E-state index contributed by atoms with van der Waals surface area (Å²) >= 11 is 0. The molecule has 0 aromatic heterocycles. The van der Waals surface area contributed by atoms with Crippen LogP contribution in [-0.2, 0) is 17.8 Å². The molecule has 5 heteroatoms. The van der Waals surface area contributed by atoms with Gasteiger partial charge in [0.1, 0.15) is 0 Å². The highest BCUT2D eigenvalue weighted by Crippen LogP contribution is 2.08. The third kappa shape index (κ3) is 7.17. The van der Waals surface area contributed by atoms with Crippen LogP contribution in [0.25, 0.3) is 0 Å². The summed E-state index contributed by atoms with van der Waals surface area (Å²) in [5.41, 5.74) is 8.81. The van der Waals surface area contributed by atoms with E-state index in [2.05, 4.69) is 10.6 Å². The fourth-order valence-corrected chi connectivity index (χ4v) is 2.37. The lowest BCUT2D eigenvalue weighted by Crippen LogP contribution is -2.39. The first-order valence-electron chi connectivity index (χ1n) is 7.52. The highest BCUT2D eigenvalue weighted by Gasteiger charge is 2.08. The maximum atomic E-state index is 11.9. The Hall–Kier alpha value is -2.04. The fourth-order valence-electron chi connectivity index (χ4n) is 2.37. The summed E-state index contributed by atoms with van der Waals surface area (Å²) in [6.07, 6.45) is 0.773. The van der Waals surface area contributed by atoms with Crippen LogP contribution >= 0.6 is 12.4 Å². The highest BCUT2D eigenvalue weighted by molar-refractivity contribution is 5.85. The Morgan fingerprint density at radius 3 is 2.48 bits per heavy atom. The van der Waals surface area contributed by atoms with E-state index in [0.717, 1.165) is 17.7 Å². The van der Waals surface area contributed by atoms with E-state index in [1.807, 2.05) is 61.5 Å². The predicted octanol–water partition coefficient (Wildman–Crippen LogP) is 2.53. The van der Waals surface area contributed by atoms with Crippen molar-refractivity contribution >= 4 is 24.0 Å². The van der Waals surface area contributed by atoms with Gasteiger partial charge in [-0.25, -0.2) is 0 Å². The summed E-state index contributed by atoms with van der Waals surface area (Å²) in [7, 11) is 0. The van der Waals surface area contributed by atoms with Gasteiger partial charge in [-0.2, -0.15) is 0 Å². The van der Waals surface area contributed by atoms with E-state index >= 15 is 0 Å². The lowest BCUT2D eigenvalue weighted by atomic mass is 10.1. The van der Waals surface area contributed by atoms with E-state index in [4.69, 9.17) is 5.73 Å². The minimum absolute atomic E-state index is 0. The second-order valence-electron chi connectivity index (χ2n) is 5.51. The number of halogens is 1. The van der Waals surface area contributed by atoms with Gasteiger partial charge in [0.25, 0.3) is 0 Å². The molecule has 0 saturated heterocycles. The number of carbonyl (C=O) groups is 1. The molecule has 1 atom stereocenters. The van der Waals surface area contributed by atoms with Crippen LogP contribution in [0.3, 0.4) is 0 Å². The number of benzene rings is 2. The summed E-state index contributed by atoms with van der Waals surface area (Å²) < 4.78 is 0. The lowest BCUT2D eigenvalue weighted by Gasteiger charge is -2.14. The Morgan fingerprint density at radius 2 is 1.78 bits per heavy atom. The number of amides is 1. The molecule has 1 amide bonds. The van der Waals surface area contributed by atoms with Crippen molar-refractivity contribution in [3.63, 3.8) is 0 Å². The maximum Gasteiger partial charge on any atom is 0.234 e. The molecule has 1 unspecified atom stereocenters. The van der Waals surface area contributed by atoms with E-state index in [9.17, 15) is 4.79 Å². The molecule has 0 spiro atoms. The number of anilines is 1. The van der Waals surface area contributed by atoms with Crippen LogP contribution < -0.4 is 16.4 Å². The van der Waals surface area contributed by atoms with Gasteiger partial charge in [-0.15, -0.1) is 12.4 Å². The Labute approximate surface area is 143 Å². The first-order chi connectivity index (χ1) is 10.6. The van der Waals surface area contributed by atoms with Crippen LogP contribution in [0, 0.1) is 0 Å². The number of nitrogens with one attached hydrogen (secondary N) is 2. The molecule has 124 valence electrons. The van der Waals surface area contributed by atoms with Crippen molar-refractivity contribution < 1.29 is 4.79 Å². The van der Waals surface area contributed by atoms with Crippen molar-refractivity contribution in [2.45, 2.75) is 25.9 Å². The van der Waals surface area contributed by atoms with Crippen LogP contribution in [0.1, 0.15) is 18.1 Å². The van der Waals surface area contributed by atoms with Gasteiger partial charge < -0.3 is 16.4 Å². The van der Waals surface area contributed by atoms with Gasteiger partial charge in [0.2, 0.25) is 5.91 Å². The van der Waals surface area contributed by atoms with Gasteiger partial charge in [0.05, 0.1) is 6.54 Å². The summed E-state index contributed by atoms with van der Waals surface area (Å²) in [5.74, 6) is 0.00679. The Balaban J connectivity index is 0.00000264. The molecule has 0 saturated carbocycles. The Bertz CT molecular complexity index is 604. The average Bonchev–Trinajstić information content (AvgIpc) is 2.48. The van der Waals surface area contributed by atoms with Gasteiger partial charge in [-0.05, 0) is 36.6 Å². The zero-order chi connectivity index (χ0) is 15.8. The third-order valence-corrected chi connectivity index (χ3v) is 3.36. The molecule has 2 aromatic carbocycles. The third-order valence-electron chi connectivity index (χ3n) is 3.36. The van der Waals surface area contributed by atoms with Crippen molar-refractivity contribution in [2.24, 2.45) is 0 Å². The minimum atomic E-state index is 0. The van der Waals surface area contributed by atoms with Crippen molar-refractivity contribution in [2.75, 3.05) is 12.3 Å². The monoisotopic (exact) mass is 333 g/mol. The summed E-state index contributed by atoms with van der Waals surface area (Å²) in [4.78, 5) is 11.9. The number of carbonyl (C=O) groups excluding carboxylic acids is 1. The number of hydrogen-bond acceptors (Lipinski definition) is 3. The molecule has 0 heterocycles. The highest BCUT2D eigenvalue weighted by atomic mass is 35.5. The molecule has 0 radical (unpaired) electrons. The molecule has 4 N–H and O–H groups in total. The second-order valence-corrected chi connectivity index (χ2v) is 5.51. The molecule has 23 heavy (non-hydrogen) atoms. The van der Waals surface area contributed by atoms with E-state index in [1.165, 1.54) is 5.56 Å². The van der Waals surface area contributed by atoms with E-state index < -0.39 is 0 Å². The standard InChI is InChI=1S/C18H23N3O.ClH/c1-14(10-16-8-5-9-17(19)11-16)21-18(22)13-20-12-15-6-3-2-4-7-15;/h2-9,11,14,20H,10,12-13,19H2,1H3,(H,21,22);1H. The van der Waals surface area contributed by atoms with Crippen LogP contribution in [0.15, 0.2) is 54.6 Å². The van der Waals surface area contributed by atoms with E-state index in [1.54, 1.807) is 0 Å². The first kappa shape index (κ1) is 19.0. The average molecular weight is 334 g/mol. The fraction of sp³-hybridized carbons (Fsp3) is 0.278. The topological polar surface area (TPSA) is 67.1 Å². The van der Waals surface area contributed by atoms with E-state index in [-0.39, 0.29) is 24.4 Å². The van der Waals surface area contributed by atoms with Crippen molar-refractivity contribution in [3.05, 3.63) is 65.7 Å². The molecule has 0 aliphatic heterocycles. The number of nitrogen functional groups attached to an aromatic ring is 1. The second kappa shape index (κ2) is 9.87. The number of hydrogen-bond donors (Lipinski definition) is 3. The Kier molecular flexibility index (Phi) is 8.16. The SMILES string of the molecule is CC(Cc1cccc(N)c1)NC(=O)CNCc1ccccc1.Cl. The molecule has 2 rings (SSSR count). The maximum absolute atomic E-state index is 11.9. The van der Waals surface area contributed by atoms with Crippen molar-refractivity contribution in [1.82, 2.24) is 10.6 Å². The van der Waals surface area contributed by atoms with Crippen molar-refractivity contribution in [1.29, 1.82) is 0 Å². The summed E-state index contributed by atoms with van der Waals surface area (Å²) in [5, 5.41) is 6.14. The van der Waals surface area contributed by atoms with Crippen LogP contribution in [0.5, 0.6) is 0 Å². The predicted molar refractivity (Wildman–Crippen MR) is 97.6 cm³/mol. The lowest BCUT2D eigenvalue weighted by molar-refractivity contribution is -0.120. The number of nitrogens with two attached hydrogens (primary N) is 1. The molecular weight excluding hydrogens is 310 g/mol.